The average Bonchev–Trinajstić information content (AvgIpc) is 2.61. The second-order valence-corrected chi connectivity index (χ2v) is 7.01. The summed E-state index contributed by atoms with van der Waals surface area (Å²) in [4.78, 5) is 25.3. The molecule has 0 spiro atoms. The van der Waals surface area contributed by atoms with E-state index >= 15 is 0 Å². The van der Waals surface area contributed by atoms with Crippen molar-refractivity contribution in [3.05, 3.63) is 65.2 Å². The SMILES string of the molecule is CCc1ccc(NC(=O)C(CC(C)C)NC(=O)c2ccccc2C)cc1. The Morgan fingerprint density at radius 3 is 2.23 bits per heavy atom. The summed E-state index contributed by atoms with van der Waals surface area (Å²) in [6, 6.07) is 14.6. The van der Waals surface area contributed by atoms with Gasteiger partial charge in [-0.3, -0.25) is 9.59 Å². The molecule has 2 N–H and O–H groups in total. The van der Waals surface area contributed by atoms with Crippen LogP contribution in [-0.4, -0.2) is 17.9 Å². The van der Waals surface area contributed by atoms with Gasteiger partial charge in [-0.25, -0.2) is 0 Å². The van der Waals surface area contributed by atoms with Crippen molar-refractivity contribution in [2.75, 3.05) is 5.32 Å². The van der Waals surface area contributed by atoms with Crippen molar-refractivity contribution in [2.45, 2.75) is 46.6 Å². The Labute approximate surface area is 156 Å². The van der Waals surface area contributed by atoms with Crippen LogP contribution < -0.4 is 10.6 Å². The lowest BCUT2D eigenvalue weighted by atomic mass is 10.0. The minimum atomic E-state index is -0.576. The number of benzene rings is 2. The topological polar surface area (TPSA) is 58.2 Å². The Kier molecular flexibility index (Phi) is 6.96. The molecule has 4 nitrogen and oxygen atoms in total. The van der Waals surface area contributed by atoms with E-state index in [4.69, 9.17) is 0 Å². The summed E-state index contributed by atoms with van der Waals surface area (Å²) >= 11 is 0. The summed E-state index contributed by atoms with van der Waals surface area (Å²) in [5.41, 5.74) is 3.45. The van der Waals surface area contributed by atoms with Gasteiger partial charge in [0.1, 0.15) is 6.04 Å². The molecule has 0 bridgehead atoms. The summed E-state index contributed by atoms with van der Waals surface area (Å²) < 4.78 is 0. The minimum absolute atomic E-state index is 0.190. The zero-order chi connectivity index (χ0) is 19.1. The number of carbonyl (C=O) groups is 2. The van der Waals surface area contributed by atoms with Gasteiger partial charge in [-0.1, -0.05) is 51.1 Å². The number of aryl methyl sites for hydroxylation is 2. The molecule has 2 amide bonds. The molecule has 0 aliphatic heterocycles. The van der Waals surface area contributed by atoms with E-state index in [-0.39, 0.29) is 17.7 Å². The zero-order valence-corrected chi connectivity index (χ0v) is 16.0. The normalized spacial score (nSPS) is 11.9. The summed E-state index contributed by atoms with van der Waals surface area (Å²) in [5, 5.41) is 5.81. The summed E-state index contributed by atoms with van der Waals surface area (Å²) in [6.07, 6.45) is 1.53. The molecule has 0 heterocycles. The molecule has 4 heteroatoms. The van der Waals surface area contributed by atoms with Crippen LogP contribution in [0.15, 0.2) is 48.5 Å². The van der Waals surface area contributed by atoms with Crippen LogP contribution in [0, 0.1) is 12.8 Å². The predicted octanol–water partition coefficient (Wildman–Crippen LogP) is 4.34. The highest BCUT2D eigenvalue weighted by Gasteiger charge is 2.23. The molecule has 0 fully saturated rings. The Morgan fingerprint density at radius 2 is 1.65 bits per heavy atom. The summed E-state index contributed by atoms with van der Waals surface area (Å²) in [5.74, 6) is -0.125. The van der Waals surface area contributed by atoms with Crippen molar-refractivity contribution in [2.24, 2.45) is 5.92 Å². The van der Waals surface area contributed by atoms with Crippen LogP contribution in [0.3, 0.4) is 0 Å². The van der Waals surface area contributed by atoms with Crippen molar-refractivity contribution in [3.63, 3.8) is 0 Å². The van der Waals surface area contributed by atoms with E-state index in [1.165, 1.54) is 5.56 Å². The molecule has 2 aromatic rings. The third kappa shape index (κ3) is 5.45. The number of rotatable bonds is 7. The maximum atomic E-state index is 12.7. The second kappa shape index (κ2) is 9.18. The lowest BCUT2D eigenvalue weighted by Gasteiger charge is -2.21. The fourth-order valence-corrected chi connectivity index (χ4v) is 2.82. The Balaban J connectivity index is 2.11. The largest absolute Gasteiger partial charge is 0.340 e. The van der Waals surface area contributed by atoms with E-state index in [2.05, 4.69) is 17.6 Å². The number of amides is 2. The summed E-state index contributed by atoms with van der Waals surface area (Å²) in [7, 11) is 0. The van der Waals surface area contributed by atoms with Crippen LogP contribution >= 0.6 is 0 Å². The van der Waals surface area contributed by atoms with Gasteiger partial charge < -0.3 is 10.6 Å². The van der Waals surface area contributed by atoms with Crippen molar-refractivity contribution in [3.8, 4) is 0 Å². The third-order valence-corrected chi connectivity index (χ3v) is 4.35. The molecule has 138 valence electrons. The highest BCUT2D eigenvalue weighted by Crippen LogP contribution is 2.14. The fourth-order valence-electron chi connectivity index (χ4n) is 2.82. The van der Waals surface area contributed by atoms with E-state index in [1.807, 2.05) is 63.2 Å². The Morgan fingerprint density at radius 1 is 1.00 bits per heavy atom. The molecule has 2 rings (SSSR count). The van der Waals surface area contributed by atoms with Crippen molar-refractivity contribution in [1.82, 2.24) is 5.32 Å². The van der Waals surface area contributed by atoms with Crippen LogP contribution in [0.4, 0.5) is 5.69 Å². The van der Waals surface area contributed by atoms with Gasteiger partial charge in [0.25, 0.3) is 5.91 Å². The molecule has 0 aliphatic carbocycles. The van der Waals surface area contributed by atoms with E-state index < -0.39 is 6.04 Å². The van der Waals surface area contributed by atoms with Gasteiger partial charge in [-0.2, -0.15) is 0 Å². The van der Waals surface area contributed by atoms with Gasteiger partial charge in [0.05, 0.1) is 0 Å². The summed E-state index contributed by atoms with van der Waals surface area (Å²) in [6.45, 7) is 8.06. The molecule has 2 aromatic carbocycles. The Hall–Kier alpha value is -2.62. The number of anilines is 1. The fraction of sp³-hybridized carbons (Fsp3) is 0.364. The quantitative estimate of drug-likeness (QED) is 0.779. The van der Waals surface area contributed by atoms with E-state index in [9.17, 15) is 9.59 Å². The molecular weight excluding hydrogens is 324 g/mol. The van der Waals surface area contributed by atoms with Gasteiger partial charge in [0, 0.05) is 11.3 Å². The Bertz CT molecular complexity index is 751. The number of hydrogen-bond acceptors (Lipinski definition) is 2. The predicted molar refractivity (Wildman–Crippen MR) is 106 cm³/mol. The number of carbonyl (C=O) groups excluding carboxylic acids is 2. The minimum Gasteiger partial charge on any atom is -0.340 e. The van der Waals surface area contributed by atoms with E-state index in [0.29, 0.717) is 12.0 Å². The van der Waals surface area contributed by atoms with E-state index in [1.54, 1.807) is 6.07 Å². The highest BCUT2D eigenvalue weighted by atomic mass is 16.2. The first-order valence-corrected chi connectivity index (χ1v) is 9.17. The smallest absolute Gasteiger partial charge is 0.252 e. The molecule has 1 atom stereocenters. The first kappa shape index (κ1) is 19.7. The van der Waals surface area contributed by atoms with Crippen LogP contribution in [-0.2, 0) is 11.2 Å². The van der Waals surface area contributed by atoms with Crippen molar-refractivity contribution in [1.29, 1.82) is 0 Å². The lowest BCUT2D eigenvalue weighted by Crippen LogP contribution is -2.44. The van der Waals surface area contributed by atoms with Crippen molar-refractivity contribution < 1.29 is 9.59 Å². The average molecular weight is 352 g/mol. The lowest BCUT2D eigenvalue weighted by molar-refractivity contribution is -0.118. The van der Waals surface area contributed by atoms with Gasteiger partial charge >= 0.3 is 0 Å². The van der Waals surface area contributed by atoms with Gasteiger partial charge in [-0.05, 0) is 55.0 Å². The van der Waals surface area contributed by atoms with Crippen molar-refractivity contribution >= 4 is 17.5 Å². The first-order valence-electron chi connectivity index (χ1n) is 9.17. The van der Waals surface area contributed by atoms with Crippen LogP contribution in [0.25, 0.3) is 0 Å². The second-order valence-electron chi connectivity index (χ2n) is 7.01. The zero-order valence-electron chi connectivity index (χ0n) is 16.0. The maximum absolute atomic E-state index is 12.7. The van der Waals surface area contributed by atoms with Gasteiger partial charge in [-0.15, -0.1) is 0 Å². The van der Waals surface area contributed by atoms with Crippen LogP contribution in [0.1, 0.15) is 48.7 Å². The molecule has 0 saturated carbocycles. The molecule has 0 aliphatic rings. The monoisotopic (exact) mass is 352 g/mol. The standard InChI is InChI=1S/C22H28N2O2/c1-5-17-10-12-18(13-11-17)23-22(26)20(14-15(2)3)24-21(25)19-9-7-6-8-16(19)4/h6-13,15,20H,5,14H2,1-4H3,(H,23,26)(H,24,25). The van der Waals surface area contributed by atoms with E-state index in [0.717, 1.165) is 17.7 Å². The highest BCUT2D eigenvalue weighted by molar-refractivity contribution is 6.01. The number of nitrogens with one attached hydrogen (secondary N) is 2. The molecule has 0 radical (unpaired) electrons. The molecule has 1 unspecified atom stereocenters. The van der Waals surface area contributed by atoms with Crippen LogP contribution in [0.5, 0.6) is 0 Å². The first-order chi connectivity index (χ1) is 12.4. The van der Waals surface area contributed by atoms with Gasteiger partial charge in [0.2, 0.25) is 5.91 Å². The molecule has 0 aromatic heterocycles. The maximum Gasteiger partial charge on any atom is 0.252 e. The molecule has 0 saturated heterocycles. The third-order valence-electron chi connectivity index (χ3n) is 4.35. The number of hydrogen-bond donors (Lipinski definition) is 2. The molecule has 26 heavy (non-hydrogen) atoms. The van der Waals surface area contributed by atoms with Crippen LogP contribution in [0.2, 0.25) is 0 Å². The van der Waals surface area contributed by atoms with Gasteiger partial charge in [0.15, 0.2) is 0 Å². The molecular formula is C22H28N2O2.